The molecular weight excluding hydrogens is 232 g/mol. The van der Waals surface area contributed by atoms with Crippen molar-refractivity contribution < 1.29 is 0 Å². The van der Waals surface area contributed by atoms with Crippen LogP contribution in [0, 0.1) is 6.92 Å². The highest BCUT2D eigenvalue weighted by Gasteiger charge is 2.16. The van der Waals surface area contributed by atoms with Gasteiger partial charge in [0, 0.05) is 6.54 Å². The quantitative estimate of drug-likeness (QED) is 0.908. The van der Waals surface area contributed by atoms with Crippen molar-refractivity contribution in [1.82, 2.24) is 4.90 Å². The van der Waals surface area contributed by atoms with Crippen molar-refractivity contribution >= 4 is 0 Å². The predicted octanol–water partition coefficient (Wildman–Crippen LogP) is 3.10. The molecule has 0 saturated carbocycles. The summed E-state index contributed by atoms with van der Waals surface area (Å²) in [6.07, 6.45) is 0. The van der Waals surface area contributed by atoms with Gasteiger partial charge in [0.25, 0.3) is 0 Å². The summed E-state index contributed by atoms with van der Waals surface area (Å²) in [6.45, 7) is 2.73. The van der Waals surface area contributed by atoms with Gasteiger partial charge < -0.3 is 5.73 Å². The van der Waals surface area contributed by atoms with Gasteiger partial charge in [-0.2, -0.15) is 0 Å². The Morgan fingerprint density at radius 2 is 1.68 bits per heavy atom. The van der Waals surface area contributed by atoms with Gasteiger partial charge in [0.05, 0.1) is 6.04 Å². The molecule has 2 aromatic rings. The van der Waals surface area contributed by atoms with E-state index in [4.69, 9.17) is 5.73 Å². The van der Waals surface area contributed by atoms with E-state index in [1.54, 1.807) is 0 Å². The number of nitrogens with zero attached hydrogens (tertiary/aromatic N) is 1. The maximum Gasteiger partial charge on any atom is 0.0596 e. The summed E-state index contributed by atoms with van der Waals surface area (Å²) in [4.78, 5) is 2.24. The third kappa shape index (κ3) is 3.22. The fourth-order valence-electron chi connectivity index (χ4n) is 2.46. The molecule has 2 N–H and O–H groups in total. The number of nitrogens with two attached hydrogens (primary N) is 1. The first-order chi connectivity index (χ1) is 9.11. The van der Waals surface area contributed by atoms with Gasteiger partial charge in [-0.25, -0.2) is 0 Å². The Hall–Kier alpha value is -1.64. The molecule has 2 nitrogen and oxygen atoms in total. The van der Waals surface area contributed by atoms with E-state index < -0.39 is 0 Å². The lowest BCUT2D eigenvalue weighted by Crippen LogP contribution is -2.21. The number of hydrogen-bond donors (Lipinski definition) is 1. The Balaban J connectivity index is 2.39. The summed E-state index contributed by atoms with van der Waals surface area (Å²) in [6, 6.07) is 17.6. The van der Waals surface area contributed by atoms with Crippen LogP contribution in [0.2, 0.25) is 0 Å². The molecule has 0 aliphatic carbocycles. The van der Waals surface area contributed by atoms with E-state index in [-0.39, 0.29) is 6.04 Å². The number of benzene rings is 2. The zero-order chi connectivity index (χ0) is 13.8. The van der Waals surface area contributed by atoms with Crippen molar-refractivity contribution in [2.45, 2.75) is 19.5 Å². The summed E-state index contributed by atoms with van der Waals surface area (Å²) >= 11 is 0. The fraction of sp³-hybridized carbons (Fsp3) is 0.294. The van der Waals surface area contributed by atoms with Crippen LogP contribution in [0.25, 0.3) is 0 Å². The third-order valence-corrected chi connectivity index (χ3v) is 3.41. The lowest BCUT2D eigenvalue weighted by molar-refractivity contribution is 0.342. The Morgan fingerprint density at radius 1 is 1.00 bits per heavy atom. The summed E-state index contributed by atoms with van der Waals surface area (Å²) < 4.78 is 0. The normalized spacial score (nSPS) is 12.7. The molecule has 0 aromatic heterocycles. The standard InChI is InChI=1S/C17H22N2/c1-13-5-4-6-16(11-13)17(19(2)3)15-9-7-14(12-18)8-10-15/h4-11,17H,12,18H2,1-3H3. The molecule has 2 heteroatoms. The third-order valence-electron chi connectivity index (χ3n) is 3.41. The second-order valence-corrected chi connectivity index (χ2v) is 5.23. The van der Waals surface area contributed by atoms with Crippen LogP contribution in [0.1, 0.15) is 28.3 Å². The maximum absolute atomic E-state index is 5.66. The predicted molar refractivity (Wildman–Crippen MR) is 81.0 cm³/mol. The first-order valence-electron chi connectivity index (χ1n) is 6.63. The Labute approximate surface area is 115 Å². The summed E-state index contributed by atoms with van der Waals surface area (Å²) in [7, 11) is 4.23. The monoisotopic (exact) mass is 254 g/mol. The molecule has 1 unspecified atom stereocenters. The maximum atomic E-state index is 5.66. The second-order valence-electron chi connectivity index (χ2n) is 5.23. The lowest BCUT2D eigenvalue weighted by Gasteiger charge is -2.25. The molecule has 0 amide bonds. The number of rotatable bonds is 4. The smallest absolute Gasteiger partial charge is 0.0596 e. The Kier molecular flexibility index (Phi) is 4.35. The molecule has 1 atom stereocenters. The highest BCUT2D eigenvalue weighted by atomic mass is 15.1. The minimum absolute atomic E-state index is 0.284. The molecule has 0 spiro atoms. The van der Waals surface area contributed by atoms with E-state index in [1.807, 2.05) is 0 Å². The molecule has 0 aliphatic heterocycles. The lowest BCUT2D eigenvalue weighted by atomic mass is 9.96. The molecule has 0 fully saturated rings. The molecule has 0 heterocycles. The zero-order valence-corrected chi connectivity index (χ0v) is 11.9. The fourth-order valence-corrected chi connectivity index (χ4v) is 2.46. The van der Waals surface area contributed by atoms with Crippen LogP contribution in [-0.4, -0.2) is 19.0 Å². The first kappa shape index (κ1) is 13.8. The molecule has 0 radical (unpaired) electrons. The van der Waals surface area contributed by atoms with Crippen molar-refractivity contribution in [1.29, 1.82) is 0 Å². The Bertz CT molecular complexity index is 529. The molecule has 19 heavy (non-hydrogen) atoms. The van der Waals surface area contributed by atoms with Gasteiger partial charge in [-0.05, 0) is 37.7 Å². The van der Waals surface area contributed by atoms with Gasteiger partial charge in [-0.3, -0.25) is 4.90 Å². The van der Waals surface area contributed by atoms with Gasteiger partial charge >= 0.3 is 0 Å². The average Bonchev–Trinajstić information content (AvgIpc) is 2.39. The zero-order valence-electron chi connectivity index (χ0n) is 11.9. The van der Waals surface area contributed by atoms with E-state index in [9.17, 15) is 0 Å². The first-order valence-corrected chi connectivity index (χ1v) is 6.63. The van der Waals surface area contributed by atoms with Crippen molar-refractivity contribution in [3.05, 3.63) is 70.8 Å². The second kappa shape index (κ2) is 6.00. The van der Waals surface area contributed by atoms with Crippen LogP contribution in [0.3, 0.4) is 0 Å². The molecular formula is C17H22N2. The molecule has 0 bridgehead atoms. The topological polar surface area (TPSA) is 29.3 Å². The van der Waals surface area contributed by atoms with E-state index in [1.165, 1.54) is 22.3 Å². The minimum Gasteiger partial charge on any atom is -0.326 e. The average molecular weight is 254 g/mol. The Morgan fingerprint density at radius 3 is 2.21 bits per heavy atom. The van der Waals surface area contributed by atoms with E-state index in [0.717, 1.165) is 0 Å². The van der Waals surface area contributed by atoms with Crippen LogP contribution in [-0.2, 0) is 6.54 Å². The van der Waals surface area contributed by atoms with Crippen molar-refractivity contribution in [3.8, 4) is 0 Å². The van der Waals surface area contributed by atoms with Gasteiger partial charge in [0.1, 0.15) is 0 Å². The van der Waals surface area contributed by atoms with Gasteiger partial charge in [0.2, 0.25) is 0 Å². The highest BCUT2D eigenvalue weighted by Crippen LogP contribution is 2.27. The van der Waals surface area contributed by atoms with Gasteiger partial charge in [0.15, 0.2) is 0 Å². The van der Waals surface area contributed by atoms with Crippen LogP contribution in [0.15, 0.2) is 48.5 Å². The summed E-state index contributed by atoms with van der Waals surface area (Å²) in [5.74, 6) is 0. The van der Waals surface area contributed by atoms with Crippen molar-refractivity contribution in [3.63, 3.8) is 0 Å². The molecule has 2 rings (SSSR count). The van der Waals surface area contributed by atoms with Crippen molar-refractivity contribution in [2.24, 2.45) is 5.73 Å². The van der Waals surface area contributed by atoms with Crippen LogP contribution in [0.4, 0.5) is 0 Å². The van der Waals surface area contributed by atoms with E-state index >= 15 is 0 Å². The molecule has 2 aromatic carbocycles. The van der Waals surface area contributed by atoms with Gasteiger partial charge in [-0.15, -0.1) is 0 Å². The number of aryl methyl sites for hydroxylation is 1. The largest absolute Gasteiger partial charge is 0.326 e. The van der Waals surface area contributed by atoms with Crippen LogP contribution in [0.5, 0.6) is 0 Å². The summed E-state index contributed by atoms with van der Waals surface area (Å²) in [5.41, 5.74) is 10.7. The molecule has 0 aliphatic rings. The SMILES string of the molecule is Cc1cccc(C(c2ccc(CN)cc2)N(C)C)c1. The molecule has 100 valence electrons. The van der Waals surface area contributed by atoms with E-state index in [0.29, 0.717) is 6.54 Å². The number of hydrogen-bond acceptors (Lipinski definition) is 2. The molecule has 0 saturated heterocycles. The van der Waals surface area contributed by atoms with E-state index in [2.05, 4.69) is 74.4 Å². The summed E-state index contributed by atoms with van der Waals surface area (Å²) in [5, 5.41) is 0. The minimum atomic E-state index is 0.284. The highest BCUT2D eigenvalue weighted by molar-refractivity contribution is 5.35. The van der Waals surface area contributed by atoms with Gasteiger partial charge in [-0.1, -0.05) is 54.1 Å². The van der Waals surface area contributed by atoms with Crippen molar-refractivity contribution in [2.75, 3.05) is 14.1 Å². The van der Waals surface area contributed by atoms with Crippen LogP contribution < -0.4 is 5.73 Å². The van der Waals surface area contributed by atoms with Crippen LogP contribution >= 0.6 is 0 Å².